The van der Waals surface area contributed by atoms with E-state index in [0.717, 1.165) is 10.9 Å². The van der Waals surface area contributed by atoms with Crippen molar-refractivity contribution in [3.05, 3.63) is 29.2 Å². The van der Waals surface area contributed by atoms with Gasteiger partial charge < -0.3 is 4.74 Å². The van der Waals surface area contributed by atoms with Crippen molar-refractivity contribution in [2.24, 2.45) is 14.1 Å². The van der Waals surface area contributed by atoms with Crippen LogP contribution in [0.3, 0.4) is 0 Å². The molecule has 3 heterocycles. The molecule has 0 aliphatic rings. The molecule has 15 heteroatoms. The van der Waals surface area contributed by atoms with Crippen molar-refractivity contribution in [3.8, 4) is 5.88 Å². The Bertz CT molecular complexity index is 966. The number of rotatable bonds is 5. The van der Waals surface area contributed by atoms with Gasteiger partial charge in [-0.15, -0.1) is 10.2 Å². The molecule has 0 atom stereocenters. The fourth-order valence-corrected chi connectivity index (χ4v) is 1.90. The highest BCUT2D eigenvalue weighted by atomic mass is 19.4. The zero-order valence-corrected chi connectivity index (χ0v) is 13.8. The van der Waals surface area contributed by atoms with E-state index in [2.05, 4.69) is 41.2 Å². The van der Waals surface area contributed by atoms with E-state index >= 15 is 0 Å². The molecule has 0 radical (unpaired) electrons. The van der Waals surface area contributed by atoms with Crippen molar-refractivity contribution in [2.45, 2.75) is 12.8 Å². The molecule has 142 valence electrons. The van der Waals surface area contributed by atoms with Crippen LogP contribution in [-0.2, 0) is 26.9 Å². The number of aromatic nitrogens is 9. The van der Waals surface area contributed by atoms with E-state index in [1.54, 1.807) is 0 Å². The minimum absolute atomic E-state index is 0.0126. The Hall–Kier alpha value is -3.65. The normalized spacial score (nSPS) is 11.4. The van der Waals surface area contributed by atoms with Crippen LogP contribution in [0.15, 0.2) is 12.1 Å². The average Bonchev–Trinajstić information content (AvgIpc) is 3.20. The zero-order chi connectivity index (χ0) is 19.6. The highest BCUT2D eigenvalue weighted by Gasteiger charge is 2.34. The SMILES string of the molecule is Cn1nnc(COc2nc(C(F)(F)F)ccc2C(=O)Nc2nnnn2C)n1. The lowest BCUT2D eigenvalue weighted by molar-refractivity contribution is -0.141. The van der Waals surface area contributed by atoms with Crippen LogP contribution in [0.25, 0.3) is 0 Å². The van der Waals surface area contributed by atoms with Crippen LogP contribution in [0.2, 0.25) is 0 Å². The first-order valence-corrected chi connectivity index (χ1v) is 7.21. The number of tetrazole rings is 2. The Morgan fingerprint density at radius 1 is 1.22 bits per heavy atom. The van der Waals surface area contributed by atoms with Crippen LogP contribution in [-0.4, -0.2) is 51.3 Å². The second-order valence-electron chi connectivity index (χ2n) is 5.11. The molecule has 3 aromatic rings. The van der Waals surface area contributed by atoms with Gasteiger partial charge in [0.25, 0.3) is 5.91 Å². The van der Waals surface area contributed by atoms with E-state index < -0.39 is 23.7 Å². The average molecular weight is 384 g/mol. The Labute approximate surface area is 148 Å². The van der Waals surface area contributed by atoms with Gasteiger partial charge in [0.15, 0.2) is 6.61 Å². The van der Waals surface area contributed by atoms with Crippen LogP contribution >= 0.6 is 0 Å². The molecular formula is C12H11F3N10O2. The van der Waals surface area contributed by atoms with Crippen molar-refractivity contribution in [1.82, 2.24) is 45.4 Å². The van der Waals surface area contributed by atoms with E-state index in [1.165, 1.54) is 18.8 Å². The van der Waals surface area contributed by atoms with Crippen molar-refractivity contribution in [3.63, 3.8) is 0 Å². The highest BCUT2D eigenvalue weighted by Crippen LogP contribution is 2.30. The minimum Gasteiger partial charge on any atom is -0.469 e. The monoisotopic (exact) mass is 384 g/mol. The van der Waals surface area contributed by atoms with E-state index in [0.29, 0.717) is 6.07 Å². The van der Waals surface area contributed by atoms with Gasteiger partial charge in [-0.1, -0.05) is 5.10 Å². The molecule has 0 spiro atoms. The molecule has 12 nitrogen and oxygen atoms in total. The number of carbonyl (C=O) groups excluding carboxylic acids is 1. The summed E-state index contributed by atoms with van der Waals surface area (Å²) in [4.78, 5) is 16.9. The van der Waals surface area contributed by atoms with E-state index in [4.69, 9.17) is 4.74 Å². The summed E-state index contributed by atoms with van der Waals surface area (Å²) < 4.78 is 45.2. The fourth-order valence-electron chi connectivity index (χ4n) is 1.90. The minimum atomic E-state index is -4.72. The molecule has 0 unspecified atom stereocenters. The van der Waals surface area contributed by atoms with Gasteiger partial charge in [-0.3, -0.25) is 10.1 Å². The van der Waals surface area contributed by atoms with Gasteiger partial charge in [0.05, 0.1) is 7.05 Å². The smallest absolute Gasteiger partial charge is 0.433 e. The molecular weight excluding hydrogens is 373 g/mol. The fraction of sp³-hybridized carbons (Fsp3) is 0.333. The summed E-state index contributed by atoms with van der Waals surface area (Å²) in [5.74, 6) is -1.27. The van der Waals surface area contributed by atoms with Crippen molar-refractivity contribution >= 4 is 11.9 Å². The Balaban J connectivity index is 1.89. The third-order valence-corrected chi connectivity index (χ3v) is 3.13. The van der Waals surface area contributed by atoms with Gasteiger partial charge >= 0.3 is 6.18 Å². The van der Waals surface area contributed by atoms with Crippen LogP contribution in [0.5, 0.6) is 5.88 Å². The molecule has 0 saturated carbocycles. The predicted molar refractivity (Wildman–Crippen MR) is 79.1 cm³/mol. The number of aryl methyl sites for hydroxylation is 2. The molecule has 1 amide bonds. The largest absolute Gasteiger partial charge is 0.469 e. The first-order chi connectivity index (χ1) is 12.7. The second-order valence-corrected chi connectivity index (χ2v) is 5.11. The van der Waals surface area contributed by atoms with Gasteiger partial charge in [-0.25, -0.2) is 9.67 Å². The number of alkyl halides is 3. The molecule has 1 N–H and O–H groups in total. The van der Waals surface area contributed by atoms with Gasteiger partial charge in [0.2, 0.25) is 17.7 Å². The lowest BCUT2D eigenvalue weighted by Gasteiger charge is -2.12. The zero-order valence-electron chi connectivity index (χ0n) is 13.8. The van der Waals surface area contributed by atoms with Crippen molar-refractivity contribution < 1.29 is 22.7 Å². The molecule has 0 aliphatic heterocycles. The summed E-state index contributed by atoms with van der Waals surface area (Å²) in [5.41, 5.74) is -1.48. The second kappa shape index (κ2) is 6.93. The number of hydrogen-bond donors (Lipinski definition) is 1. The van der Waals surface area contributed by atoms with Crippen molar-refractivity contribution in [1.29, 1.82) is 0 Å². The number of hydrogen-bond acceptors (Lipinski definition) is 9. The quantitative estimate of drug-likeness (QED) is 0.643. The summed E-state index contributed by atoms with van der Waals surface area (Å²) in [6.07, 6.45) is -4.72. The van der Waals surface area contributed by atoms with E-state index in [9.17, 15) is 18.0 Å². The molecule has 0 aromatic carbocycles. The number of carbonyl (C=O) groups is 1. The number of amides is 1. The maximum Gasteiger partial charge on any atom is 0.433 e. The van der Waals surface area contributed by atoms with Gasteiger partial charge in [-0.2, -0.15) is 18.0 Å². The Kier molecular flexibility index (Phi) is 4.66. The number of ether oxygens (including phenoxy) is 1. The van der Waals surface area contributed by atoms with Gasteiger partial charge in [-0.05, 0) is 27.8 Å². The number of nitrogens with zero attached hydrogens (tertiary/aromatic N) is 9. The van der Waals surface area contributed by atoms with Crippen molar-refractivity contribution in [2.75, 3.05) is 5.32 Å². The lowest BCUT2D eigenvalue weighted by Crippen LogP contribution is -2.19. The van der Waals surface area contributed by atoms with E-state index in [1.807, 2.05) is 0 Å². The third kappa shape index (κ3) is 4.13. The summed E-state index contributed by atoms with van der Waals surface area (Å²) in [7, 11) is 2.98. The van der Waals surface area contributed by atoms with Gasteiger partial charge in [0, 0.05) is 7.05 Å². The maximum absolute atomic E-state index is 12.9. The highest BCUT2D eigenvalue weighted by molar-refractivity contribution is 6.04. The number of anilines is 1. The Morgan fingerprint density at radius 3 is 2.59 bits per heavy atom. The molecule has 3 rings (SSSR count). The molecule has 0 aliphatic carbocycles. The van der Waals surface area contributed by atoms with E-state index in [-0.39, 0.29) is 23.9 Å². The van der Waals surface area contributed by atoms with Crippen LogP contribution in [0.4, 0.5) is 19.1 Å². The van der Waals surface area contributed by atoms with Crippen LogP contribution in [0, 0.1) is 0 Å². The Morgan fingerprint density at radius 2 is 2.00 bits per heavy atom. The third-order valence-electron chi connectivity index (χ3n) is 3.13. The van der Waals surface area contributed by atoms with Crippen LogP contribution in [0.1, 0.15) is 21.9 Å². The lowest BCUT2D eigenvalue weighted by atomic mass is 10.2. The van der Waals surface area contributed by atoms with Gasteiger partial charge in [0.1, 0.15) is 11.3 Å². The summed E-state index contributed by atoms with van der Waals surface area (Å²) >= 11 is 0. The number of pyridine rings is 1. The summed E-state index contributed by atoms with van der Waals surface area (Å²) in [6, 6.07) is 1.60. The molecule has 3 aromatic heterocycles. The topological polar surface area (TPSA) is 138 Å². The number of nitrogens with one attached hydrogen (secondary N) is 1. The number of halogens is 3. The summed E-state index contributed by atoms with van der Waals surface area (Å²) in [6.45, 7) is -0.339. The molecule has 0 fully saturated rings. The first-order valence-electron chi connectivity index (χ1n) is 7.21. The maximum atomic E-state index is 12.9. The molecule has 0 saturated heterocycles. The summed E-state index contributed by atoms with van der Waals surface area (Å²) in [5, 5.41) is 23.8. The standard InChI is InChI=1S/C12H11F3N10O2/c1-24-11(19-21-23-24)17-9(26)6-3-4-7(12(13,14)15)16-10(6)27-5-8-18-22-25(2)20-8/h3-4H,5H2,1-2H3,(H,17,19,23,26). The van der Waals surface area contributed by atoms with Crippen LogP contribution < -0.4 is 10.1 Å². The molecule has 27 heavy (non-hydrogen) atoms. The first kappa shape index (κ1) is 18.2. The predicted octanol–water partition coefficient (Wildman–Crippen LogP) is -0.0213. The molecule has 0 bridgehead atoms.